The number of benzene rings is 1. The molecule has 4 heteroatoms. The number of ketones is 1. The number of carboxylic acid groups (broad SMARTS) is 1. The molecule has 0 aliphatic heterocycles. The highest BCUT2D eigenvalue weighted by atomic mass is 32.1. The summed E-state index contributed by atoms with van der Waals surface area (Å²) in [5, 5.41) is 8.71. The standard InChI is InChI=1S/C11H12O3S/c12-10(7-15)9(6-11(13)14)8-4-2-1-3-5-8/h1-5,9,15H,6-7H2,(H,13,14)/t9-/m0/s1. The first kappa shape index (κ1) is 11.8. The average Bonchev–Trinajstić information content (AvgIpc) is 2.26. The van der Waals surface area contributed by atoms with Crippen LogP contribution in [0.25, 0.3) is 0 Å². The van der Waals surface area contributed by atoms with Gasteiger partial charge in [-0.1, -0.05) is 30.3 Å². The fraction of sp³-hybridized carbons (Fsp3) is 0.273. The average molecular weight is 224 g/mol. The van der Waals surface area contributed by atoms with Crippen LogP contribution in [0, 0.1) is 0 Å². The number of carbonyl (C=O) groups is 2. The van der Waals surface area contributed by atoms with Gasteiger partial charge in [-0.05, 0) is 5.56 Å². The van der Waals surface area contributed by atoms with E-state index in [4.69, 9.17) is 5.11 Å². The Balaban J connectivity index is 2.91. The monoisotopic (exact) mass is 224 g/mol. The first-order valence-electron chi connectivity index (χ1n) is 4.55. The SMILES string of the molecule is O=C(O)C[C@H](C(=O)CS)c1ccccc1. The maximum Gasteiger partial charge on any atom is 0.304 e. The number of aliphatic carboxylic acids is 1. The lowest BCUT2D eigenvalue weighted by atomic mass is 9.92. The fourth-order valence-corrected chi connectivity index (χ4v) is 1.61. The minimum atomic E-state index is -0.973. The summed E-state index contributed by atoms with van der Waals surface area (Å²) >= 11 is 3.88. The van der Waals surface area contributed by atoms with E-state index in [1.807, 2.05) is 6.07 Å². The van der Waals surface area contributed by atoms with Gasteiger partial charge in [-0.3, -0.25) is 9.59 Å². The van der Waals surface area contributed by atoms with E-state index in [2.05, 4.69) is 12.6 Å². The van der Waals surface area contributed by atoms with Crippen LogP contribution in [-0.2, 0) is 9.59 Å². The van der Waals surface area contributed by atoms with Crippen LogP contribution in [-0.4, -0.2) is 22.6 Å². The van der Waals surface area contributed by atoms with Crippen molar-refractivity contribution in [3.05, 3.63) is 35.9 Å². The molecule has 0 saturated carbocycles. The van der Waals surface area contributed by atoms with Crippen LogP contribution in [0.2, 0.25) is 0 Å². The minimum Gasteiger partial charge on any atom is -0.481 e. The normalized spacial score (nSPS) is 12.1. The second kappa shape index (κ2) is 5.56. The number of carboxylic acids is 1. The van der Waals surface area contributed by atoms with Crippen LogP contribution in [0.3, 0.4) is 0 Å². The van der Waals surface area contributed by atoms with Crippen molar-refractivity contribution in [2.75, 3.05) is 5.75 Å². The summed E-state index contributed by atoms with van der Waals surface area (Å²) in [7, 11) is 0. The van der Waals surface area contributed by atoms with Gasteiger partial charge in [0.15, 0.2) is 0 Å². The maximum absolute atomic E-state index is 11.5. The Labute approximate surface area is 93.5 Å². The molecule has 1 rings (SSSR count). The summed E-state index contributed by atoms with van der Waals surface area (Å²) in [4.78, 5) is 22.1. The molecule has 0 spiro atoms. The molecular weight excluding hydrogens is 212 g/mol. The molecule has 0 aliphatic carbocycles. The Kier molecular flexibility index (Phi) is 4.37. The van der Waals surface area contributed by atoms with Gasteiger partial charge in [0.05, 0.1) is 12.3 Å². The highest BCUT2D eigenvalue weighted by Crippen LogP contribution is 2.21. The van der Waals surface area contributed by atoms with Crippen LogP contribution in [0.15, 0.2) is 30.3 Å². The maximum atomic E-state index is 11.5. The van der Waals surface area contributed by atoms with Gasteiger partial charge in [0, 0.05) is 5.75 Å². The predicted octanol–water partition coefficient (Wildman–Crippen LogP) is 1.74. The first-order chi connectivity index (χ1) is 7.15. The van der Waals surface area contributed by atoms with Crippen molar-refractivity contribution in [2.24, 2.45) is 0 Å². The van der Waals surface area contributed by atoms with E-state index in [1.54, 1.807) is 24.3 Å². The van der Waals surface area contributed by atoms with Gasteiger partial charge in [0.2, 0.25) is 0 Å². The molecule has 0 unspecified atom stereocenters. The lowest BCUT2D eigenvalue weighted by molar-refractivity contribution is -0.139. The molecular formula is C11H12O3S. The van der Waals surface area contributed by atoms with Gasteiger partial charge in [-0.15, -0.1) is 0 Å². The van der Waals surface area contributed by atoms with E-state index in [0.717, 1.165) is 5.56 Å². The molecule has 3 nitrogen and oxygen atoms in total. The summed E-state index contributed by atoms with van der Waals surface area (Å²) in [5.74, 6) is -1.65. The molecule has 0 radical (unpaired) electrons. The molecule has 0 heterocycles. The summed E-state index contributed by atoms with van der Waals surface area (Å²) < 4.78 is 0. The van der Waals surface area contributed by atoms with Gasteiger partial charge in [0.25, 0.3) is 0 Å². The number of thiol groups is 1. The van der Waals surface area contributed by atoms with Gasteiger partial charge in [-0.2, -0.15) is 12.6 Å². The molecule has 80 valence electrons. The zero-order valence-electron chi connectivity index (χ0n) is 8.09. The smallest absolute Gasteiger partial charge is 0.304 e. The topological polar surface area (TPSA) is 54.4 Å². The summed E-state index contributed by atoms with van der Waals surface area (Å²) in [5.41, 5.74) is 0.735. The van der Waals surface area contributed by atoms with E-state index in [0.29, 0.717) is 0 Å². The second-order valence-corrected chi connectivity index (χ2v) is 3.50. The van der Waals surface area contributed by atoms with Gasteiger partial charge < -0.3 is 5.11 Å². The molecule has 1 atom stereocenters. The van der Waals surface area contributed by atoms with E-state index < -0.39 is 11.9 Å². The third-order valence-corrected chi connectivity index (χ3v) is 2.44. The Morgan fingerprint density at radius 3 is 2.33 bits per heavy atom. The van der Waals surface area contributed by atoms with Crippen molar-refractivity contribution in [1.29, 1.82) is 0 Å². The van der Waals surface area contributed by atoms with Crippen LogP contribution < -0.4 is 0 Å². The number of Topliss-reactive ketones (excluding diaryl/α,β-unsaturated/α-hetero) is 1. The van der Waals surface area contributed by atoms with Crippen LogP contribution in [0.4, 0.5) is 0 Å². The minimum absolute atomic E-state index is 0.0623. The predicted molar refractivity (Wildman–Crippen MR) is 60.3 cm³/mol. The molecule has 0 saturated heterocycles. The Bertz CT molecular complexity index is 348. The van der Waals surface area contributed by atoms with E-state index >= 15 is 0 Å². The summed E-state index contributed by atoms with van der Waals surface area (Å²) in [6.07, 6.45) is -0.177. The second-order valence-electron chi connectivity index (χ2n) is 3.19. The van der Waals surface area contributed by atoms with Crippen molar-refractivity contribution in [3.8, 4) is 0 Å². The molecule has 0 fully saturated rings. The van der Waals surface area contributed by atoms with Crippen molar-refractivity contribution < 1.29 is 14.7 Å². The van der Waals surface area contributed by atoms with Gasteiger partial charge >= 0.3 is 5.97 Å². The van der Waals surface area contributed by atoms with Crippen molar-refractivity contribution in [2.45, 2.75) is 12.3 Å². The lowest BCUT2D eigenvalue weighted by Gasteiger charge is -2.12. The largest absolute Gasteiger partial charge is 0.481 e. The van der Waals surface area contributed by atoms with Crippen molar-refractivity contribution in [3.63, 3.8) is 0 Å². The Hall–Kier alpha value is -1.29. The Morgan fingerprint density at radius 2 is 1.87 bits per heavy atom. The summed E-state index contributed by atoms with van der Waals surface area (Å²) in [6, 6.07) is 8.92. The third kappa shape index (κ3) is 3.40. The molecule has 0 amide bonds. The highest BCUT2D eigenvalue weighted by molar-refractivity contribution is 7.81. The molecule has 15 heavy (non-hydrogen) atoms. The van der Waals surface area contributed by atoms with E-state index in [-0.39, 0.29) is 18.0 Å². The Morgan fingerprint density at radius 1 is 1.27 bits per heavy atom. The first-order valence-corrected chi connectivity index (χ1v) is 5.18. The van der Waals surface area contributed by atoms with Crippen LogP contribution >= 0.6 is 12.6 Å². The number of hydrogen-bond donors (Lipinski definition) is 2. The molecule has 0 bridgehead atoms. The molecule has 1 N–H and O–H groups in total. The molecule has 0 aromatic heterocycles. The van der Waals surface area contributed by atoms with Crippen molar-refractivity contribution in [1.82, 2.24) is 0 Å². The number of hydrogen-bond acceptors (Lipinski definition) is 3. The van der Waals surface area contributed by atoms with Gasteiger partial charge in [-0.25, -0.2) is 0 Å². The van der Waals surface area contributed by atoms with E-state index in [1.165, 1.54) is 0 Å². The summed E-state index contributed by atoms with van der Waals surface area (Å²) in [6.45, 7) is 0. The highest BCUT2D eigenvalue weighted by Gasteiger charge is 2.21. The quantitative estimate of drug-likeness (QED) is 0.749. The molecule has 1 aromatic rings. The third-order valence-electron chi connectivity index (χ3n) is 2.13. The number of rotatable bonds is 5. The van der Waals surface area contributed by atoms with Gasteiger partial charge in [0.1, 0.15) is 5.78 Å². The fourth-order valence-electron chi connectivity index (χ4n) is 1.39. The zero-order chi connectivity index (χ0) is 11.3. The van der Waals surface area contributed by atoms with Crippen LogP contribution in [0.1, 0.15) is 17.9 Å². The van der Waals surface area contributed by atoms with Crippen LogP contribution in [0.5, 0.6) is 0 Å². The lowest BCUT2D eigenvalue weighted by Crippen LogP contribution is -2.17. The molecule has 1 aromatic carbocycles. The van der Waals surface area contributed by atoms with E-state index in [9.17, 15) is 9.59 Å². The van der Waals surface area contributed by atoms with Crippen molar-refractivity contribution >= 4 is 24.4 Å². The zero-order valence-corrected chi connectivity index (χ0v) is 8.98. The molecule has 0 aliphatic rings. The number of carbonyl (C=O) groups excluding carboxylic acids is 1.